The maximum Gasteiger partial charge on any atom is 0.407 e. The van der Waals surface area contributed by atoms with Gasteiger partial charge in [-0.15, -0.1) is 11.3 Å². The molecule has 3 heterocycles. The molecule has 0 aromatic carbocycles. The maximum atomic E-state index is 14.1. The number of aromatic nitrogens is 3. The standard InChI is InChI=1S/C13H11Cl2F2N5O3S/c14-6-10(19-9(20-11(6)23)7-8(15)18-5-26-7)21-1-2-22(12(24)25)4-13(16,17)3-21/h5H,1-4H2,(H,24,25)(H,19,20,23). The monoisotopic (exact) mass is 425 g/mol. The molecule has 2 aromatic heterocycles. The molecular weight excluding hydrogens is 415 g/mol. The molecule has 0 aliphatic carbocycles. The van der Waals surface area contributed by atoms with E-state index in [2.05, 4.69) is 15.0 Å². The summed E-state index contributed by atoms with van der Waals surface area (Å²) in [5.41, 5.74) is 0.718. The summed E-state index contributed by atoms with van der Waals surface area (Å²) in [6.07, 6.45) is -1.45. The third-order valence-corrected chi connectivity index (χ3v) is 5.21. The Kier molecular flexibility index (Phi) is 5.04. The van der Waals surface area contributed by atoms with Gasteiger partial charge in [-0.05, 0) is 0 Å². The first-order valence-corrected chi connectivity index (χ1v) is 8.81. The maximum absolute atomic E-state index is 14.1. The van der Waals surface area contributed by atoms with Crippen molar-refractivity contribution in [2.24, 2.45) is 0 Å². The topological polar surface area (TPSA) is 102 Å². The number of H-pyrrole nitrogens is 1. The minimum atomic E-state index is -3.34. The molecule has 13 heteroatoms. The lowest BCUT2D eigenvalue weighted by atomic mass is 10.3. The molecule has 0 spiro atoms. The summed E-state index contributed by atoms with van der Waals surface area (Å²) < 4.78 is 28.3. The highest BCUT2D eigenvalue weighted by Gasteiger charge is 2.40. The van der Waals surface area contributed by atoms with Crippen LogP contribution in [0.1, 0.15) is 0 Å². The van der Waals surface area contributed by atoms with Crippen molar-refractivity contribution in [3.8, 4) is 10.7 Å². The van der Waals surface area contributed by atoms with Crippen molar-refractivity contribution in [2.45, 2.75) is 5.92 Å². The van der Waals surface area contributed by atoms with Crippen LogP contribution in [-0.2, 0) is 0 Å². The van der Waals surface area contributed by atoms with Gasteiger partial charge in [-0.2, -0.15) is 0 Å². The average Bonchev–Trinajstić information content (AvgIpc) is 2.90. The number of thiazole rings is 1. The number of nitrogens with one attached hydrogen (secondary N) is 1. The minimum Gasteiger partial charge on any atom is -0.465 e. The molecule has 3 rings (SSSR count). The van der Waals surface area contributed by atoms with Crippen LogP contribution >= 0.6 is 34.5 Å². The molecule has 2 aromatic rings. The second-order valence-electron chi connectivity index (χ2n) is 5.51. The molecule has 2 N–H and O–H groups in total. The number of amides is 1. The summed E-state index contributed by atoms with van der Waals surface area (Å²) in [6.45, 7) is -2.07. The molecule has 1 fully saturated rings. The summed E-state index contributed by atoms with van der Waals surface area (Å²) in [4.78, 5) is 35.7. The van der Waals surface area contributed by atoms with Crippen LogP contribution in [0.4, 0.5) is 19.4 Å². The fourth-order valence-electron chi connectivity index (χ4n) is 2.50. The third-order valence-electron chi connectivity index (χ3n) is 3.64. The molecule has 0 bridgehead atoms. The molecule has 1 aliphatic rings. The van der Waals surface area contributed by atoms with Crippen molar-refractivity contribution in [1.82, 2.24) is 19.9 Å². The number of hydrogen-bond donors (Lipinski definition) is 2. The Morgan fingerprint density at radius 1 is 1.35 bits per heavy atom. The lowest BCUT2D eigenvalue weighted by molar-refractivity contribution is -0.0117. The Morgan fingerprint density at radius 2 is 2.08 bits per heavy atom. The summed E-state index contributed by atoms with van der Waals surface area (Å²) in [6, 6.07) is 0. The molecule has 1 amide bonds. The highest BCUT2D eigenvalue weighted by atomic mass is 35.5. The number of hydrogen-bond acceptors (Lipinski definition) is 6. The summed E-state index contributed by atoms with van der Waals surface area (Å²) in [5.74, 6) is -3.46. The van der Waals surface area contributed by atoms with Gasteiger partial charge >= 0.3 is 6.09 Å². The first-order valence-electron chi connectivity index (χ1n) is 7.18. The number of aromatic amines is 1. The van der Waals surface area contributed by atoms with Gasteiger partial charge in [0.2, 0.25) is 0 Å². The highest BCUT2D eigenvalue weighted by molar-refractivity contribution is 7.13. The Labute approximate surface area is 159 Å². The fraction of sp³-hybridized carbons (Fsp3) is 0.385. The summed E-state index contributed by atoms with van der Waals surface area (Å²) >= 11 is 13.0. The van der Waals surface area contributed by atoms with E-state index in [9.17, 15) is 18.4 Å². The van der Waals surface area contributed by atoms with E-state index in [1.165, 1.54) is 5.51 Å². The number of halogens is 4. The van der Waals surface area contributed by atoms with E-state index in [1.807, 2.05) is 0 Å². The van der Waals surface area contributed by atoms with Gasteiger partial charge in [0.05, 0.1) is 18.6 Å². The van der Waals surface area contributed by atoms with Gasteiger partial charge in [-0.25, -0.2) is 23.5 Å². The lowest BCUT2D eigenvalue weighted by Crippen LogP contribution is -2.41. The van der Waals surface area contributed by atoms with E-state index in [-0.39, 0.29) is 34.9 Å². The second-order valence-corrected chi connectivity index (χ2v) is 7.10. The second kappa shape index (κ2) is 6.97. The highest BCUT2D eigenvalue weighted by Crippen LogP contribution is 2.32. The number of alkyl halides is 2. The zero-order valence-corrected chi connectivity index (χ0v) is 15.2. The number of rotatable bonds is 2. The molecular formula is C13H11Cl2F2N5O3S. The van der Waals surface area contributed by atoms with Crippen LogP contribution in [0, 0.1) is 0 Å². The summed E-state index contributed by atoms with van der Waals surface area (Å²) in [5, 5.41) is 8.74. The first-order chi connectivity index (χ1) is 12.2. The molecule has 8 nitrogen and oxygen atoms in total. The number of carbonyl (C=O) groups is 1. The van der Waals surface area contributed by atoms with Crippen molar-refractivity contribution in [3.05, 3.63) is 26.0 Å². The third kappa shape index (κ3) is 3.74. The van der Waals surface area contributed by atoms with Crippen LogP contribution in [-0.4, -0.2) is 63.2 Å². The van der Waals surface area contributed by atoms with Gasteiger partial charge in [-0.3, -0.25) is 4.79 Å². The van der Waals surface area contributed by atoms with Gasteiger partial charge in [0, 0.05) is 13.1 Å². The van der Waals surface area contributed by atoms with Crippen LogP contribution in [0.2, 0.25) is 10.2 Å². The van der Waals surface area contributed by atoms with Crippen LogP contribution in [0.3, 0.4) is 0 Å². The first kappa shape index (κ1) is 18.8. The smallest absolute Gasteiger partial charge is 0.407 e. The van der Waals surface area contributed by atoms with Crippen molar-refractivity contribution in [2.75, 3.05) is 31.1 Å². The predicted octanol–water partition coefficient (Wildman–Crippen LogP) is 2.64. The van der Waals surface area contributed by atoms with E-state index < -0.39 is 30.7 Å². The minimum absolute atomic E-state index is 0.0459. The Morgan fingerprint density at radius 3 is 2.69 bits per heavy atom. The predicted molar refractivity (Wildman–Crippen MR) is 92.7 cm³/mol. The van der Waals surface area contributed by atoms with E-state index in [1.54, 1.807) is 0 Å². The van der Waals surface area contributed by atoms with Crippen LogP contribution < -0.4 is 10.5 Å². The van der Waals surface area contributed by atoms with E-state index >= 15 is 0 Å². The quantitative estimate of drug-likeness (QED) is 0.766. The zero-order valence-electron chi connectivity index (χ0n) is 12.9. The number of nitrogens with zero attached hydrogens (tertiary/aromatic N) is 4. The number of carboxylic acid groups (broad SMARTS) is 1. The normalized spacial score (nSPS) is 17.2. The van der Waals surface area contributed by atoms with Crippen molar-refractivity contribution in [3.63, 3.8) is 0 Å². The van der Waals surface area contributed by atoms with Gasteiger partial charge in [-0.1, -0.05) is 23.2 Å². The Hall–Kier alpha value is -1.98. The Bertz CT molecular complexity index is 906. The van der Waals surface area contributed by atoms with Crippen LogP contribution in [0.5, 0.6) is 0 Å². The van der Waals surface area contributed by atoms with Gasteiger partial charge in [0.25, 0.3) is 11.5 Å². The van der Waals surface area contributed by atoms with Crippen molar-refractivity contribution in [1.29, 1.82) is 0 Å². The lowest BCUT2D eigenvalue weighted by Gasteiger charge is -2.25. The van der Waals surface area contributed by atoms with Crippen molar-refractivity contribution >= 4 is 46.4 Å². The largest absolute Gasteiger partial charge is 0.465 e. The summed E-state index contributed by atoms with van der Waals surface area (Å²) in [7, 11) is 0. The van der Waals surface area contributed by atoms with Crippen LogP contribution in [0.15, 0.2) is 10.3 Å². The fourth-order valence-corrected chi connectivity index (χ4v) is 3.66. The zero-order chi connectivity index (χ0) is 19.1. The van der Waals surface area contributed by atoms with Gasteiger partial charge < -0.3 is 19.9 Å². The molecule has 0 atom stereocenters. The molecule has 140 valence electrons. The van der Waals surface area contributed by atoms with Crippen LogP contribution in [0.25, 0.3) is 10.7 Å². The van der Waals surface area contributed by atoms with Gasteiger partial charge in [0.15, 0.2) is 16.8 Å². The molecule has 26 heavy (non-hydrogen) atoms. The molecule has 0 radical (unpaired) electrons. The SMILES string of the molecule is O=C(O)N1CCN(c2nc(-c3scnc3Cl)[nH]c(=O)c2Cl)CC(F)(F)C1. The van der Waals surface area contributed by atoms with Gasteiger partial charge in [0.1, 0.15) is 9.90 Å². The van der Waals surface area contributed by atoms with E-state index in [0.29, 0.717) is 9.78 Å². The average molecular weight is 426 g/mol. The molecule has 1 saturated heterocycles. The Balaban J connectivity index is 2.03. The number of anilines is 1. The van der Waals surface area contributed by atoms with E-state index in [4.69, 9.17) is 28.3 Å². The van der Waals surface area contributed by atoms with Crippen molar-refractivity contribution < 1.29 is 18.7 Å². The van der Waals surface area contributed by atoms with E-state index in [0.717, 1.165) is 16.2 Å². The molecule has 0 unspecified atom stereocenters. The molecule has 0 saturated carbocycles. The molecule has 1 aliphatic heterocycles.